The molecule has 0 unspecified atom stereocenters. The minimum absolute atomic E-state index is 0.00931. The van der Waals surface area contributed by atoms with E-state index >= 15 is 0 Å². The lowest BCUT2D eigenvalue weighted by Crippen LogP contribution is -2.43. The molecule has 0 aromatic heterocycles. The predicted octanol–water partition coefficient (Wildman–Crippen LogP) is 2.91. The summed E-state index contributed by atoms with van der Waals surface area (Å²) in [5, 5.41) is 0. The normalized spacial score (nSPS) is 21.4. The lowest BCUT2D eigenvalue weighted by Gasteiger charge is -2.38. The third kappa shape index (κ3) is 5.14. The molecule has 0 atom stereocenters. The maximum atomic E-state index is 5.75. The maximum Gasteiger partial charge on any atom is 0.0784 e. The van der Waals surface area contributed by atoms with Crippen molar-refractivity contribution in [1.29, 1.82) is 0 Å². The van der Waals surface area contributed by atoms with Crippen LogP contribution in [-0.2, 0) is 0 Å². The summed E-state index contributed by atoms with van der Waals surface area (Å²) < 4.78 is 0.414. The molecule has 100 valence electrons. The summed E-state index contributed by atoms with van der Waals surface area (Å²) in [7, 11) is 0. The van der Waals surface area contributed by atoms with Crippen LogP contribution in [0.2, 0.25) is 0 Å². The van der Waals surface area contributed by atoms with E-state index in [1.165, 1.54) is 31.8 Å². The Labute approximate surface area is 116 Å². The molecule has 17 heavy (non-hydrogen) atoms. The van der Waals surface area contributed by atoms with Gasteiger partial charge in [0.2, 0.25) is 0 Å². The third-order valence-electron chi connectivity index (χ3n) is 3.45. The summed E-state index contributed by atoms with van der Waals surface area (Å²) in [5.41, 5.74) is 5.76. The van der Waals surface area contributed by atoms with Gasteiger partial charge in [-0.05, 0) is 33.2 Å². The van der Waals surface area contributed by atoms with E-state index < -0.39 is 0 Å². The fourth-order valence-electron chi connectivity index (χ4n) is 2.17. The highest BCUT2D eigenvalue weighted by Gasteiger charge is 2.27. The van der Waals surface area contributed by atoms with Crippen LogP contribution in [0.4, 0.5) is 0 Å². The molecule has 4 heteroatoms. The topological polar surface area (TPSA) is 29.3 Å². The molecule has 2 N–H and O–H groups in total. The van der Waals surface area contributed by atoms with Gasteiger partial charge in [0.15, 0.2) is 0 Å². The van der Waals surface area contributed by atoms with Gasteiger partial charge in [0, 0.05) is 29.0 Å². The number of hydrogen-bond acceptors (Lipinski definition) is 3. The first-order valence-corrected chi connectivity index (χ1v) is 7.79. The lowest BCUT2D eigenvalue weighted by atomic mass is 9.88. The van der Waals surface area contributed by atoms with E-state index in [0.29, 0.717) is 9.74 Å². The average Bonchev–Trinajstić information content (AvgIpc) is 2.15. The molecule has 1 saturated heterocycles. The molecule has 0 aromatic rings. The first kappa shape index (κ1) is 15.3. The van der Waals surface area contributed by atoms with Gasteiger partial charge in [-0.25, -0.2) is 0 Å². The summed E-state index contributed by atoms with van der Waals surface area (Å²) in [4.78, 5) is 3.22. The average molecular weight is 274 g/mol. The molecule has 0 saturated carbocycles. The summed E-state index contributed by atoms with van der Waals surface area (Å²) >= 11 is 7.18. The molecule has 0 bridgehead atoms. The van der Waals surface area contributed by atoms with Crippen LogP contribution in [0.1, 0.15) is 40.5 Å². The van der Waals surface area contributed by atoms with Crippen molar-refractivity contribution in [1.82, 2.24) is 4.90 Å². The summed E-state index contributed by atoms with van der Waals surface area (Å²) in [6.07, 6.45) is 2.28. The summed E-state index contributed by atoms with van der Waals surface area (Å²) in [6.45, 7) is 12.6. The highest BCUT2D eigenvalue weighted by atomic mass is 32.2. The van der Waals surface area contributed by atoms with Gasteiger partial charge in [0.1, 0.15) is 0 Å². The zero-order chi connectivity index (χ0) is 13.1. The van der Waals surface area contributed by atoms with Crippen LogP contribution in [0.25, 0.3) is 0 Å². The largest absolute Gasteiger partial charge is 0.393 e. The molecule has 1 fully saturated rings. The molecular weight excluding hydrogens is 248 g/mol. The van der Waals surface area contributed by atoms with E-state index in [4.69, 9.17) is 18.0 Å². The number of nitrogens with two attached hydrogens (primary N) is 1. The van der Waals surface area contributed by atoms with E-state index in [9.17, 15) is 0 Å². The van der Waals surface area contributed by atoms with Crippen LogP contribution in [-0.4, -0.2) is 40.0 Å². The van der Waals surface area contributed by atoms with Crippen molar-refractivity contribution in [3.8, 4) is 0 Å². The van der Waals surface area contributed by atoms with Gasteiger partial charge < -0.3 is 10.6 Å². The second-order valence-corrected chi connectivity index (χ2v) is 8.48. The fourth-order valence-corrected chi connectivity index (χ4v) is 3.45. The Bertz CT molecular complexity index is 275. The van der Waals surface area contributed by atoms with Crippen molar-refractivity contribution in [3.63, 3.8) is 0 Å². The van der Waals surface area contributed by atoms with E-state index in [0.717, 1.165) is 6.42 Å². The Morgan fingerprint density at radius 3 is 2.65 bits per heavy atom. The van der Waals surface area contributed by atoms with Crippen molar-refractivity contribution in [2.24, 2.45) is 11.1 Å². The number of thiocarbonyl (C=S) groups is 1. The van der Waals surface area contributed by atoms with Crippen LogP contribution in [0.3, 0.4) is 0 Å². The van der Waals surface area contributed by atoms with Gasteiger partial charge in [0.05, 0.1) is 4.99 Å². The zero-order valence-corrected chi connectivity index (χ0v) is 13.2. The van der Waals surface area contributed by atoms with Crippen molar-refractivity contribution < 1.29 is 0 Å². The number of thioether (sulfide) groups is 1. The standard InChI is InChI=1S/C13H26N2S2/c1-12(2,11(14)16)6-5-7-15-8-9-17-13(3,4)10-15/h5-10H2,1-4H3,(H2,14,16). The molecule has 1 heterocycles. The van der Waals surface area contributed by atoms with Crippen LogP contribution < -0.4 is 5.73 Å². The Kier molecular flexibility index (Phi) is 5.29. The first-order chi connectivity index (χ1) is 7.73. The maximum absolute atomic E-state index is 5.75. The van der Waals surface area contributed by atoms with Crippen LogP contribution in [0, 0.1) is 5.41 Å². The second kappa shape index (κ2) is 5.89. The van der Waals surface area contributed by atoms with Gasteiger partial charge in [-0.2, -0.15) is 11.8 Å². The first-order valence-electron chi connectivity index (χ1n) is 6.39. The van der Waals surface area contributed by atoms with Crippen molar-refractivity contribution in [3.05, 3.63) is 0 Å². The minimum Gasteiger partial charge on any atom is -0.393 e. The number of hydrogen-bond donors (Lipinski definition) is 1. The smallest absolute Gasteiger partial charge is 0.0784 e. The molecular formula is C13H26N2S2. The van der Waals surface area contributed by atoms with E-state index in [1.54, 1.807) is 0 Å². The lowest BCUT2D eigenvalue weighted by molar-refractivity contribution is 0.246. The quantitative estimate of drug-likeness (QED) is 0.781. The predicted molar refractivity (Wildman–Crippen MR) is 82.8 cm³/mol. The van der Waals surface area contributed by atoms with Crippen LogP contribution in [0.15, 0.2) is 0 Å². The SMILES string of the molecule is CC1(C)CN(CCCC(C)(C)C(N)=S)CCS1. The Morgan fingerprint density at radius 2 is 2.12 bits per heavy atom. The molecule has 1 rings (SSSR count). The third-order valence-corrected chi connectivity index (χ3v) is 5.30. The fraction of sp³-hybridized carbons (Fsp3) is 0.923. The van der Waals surface area contributed by atoms with Crippen LogP contribution >= 0.6 is 24.0 Å². The number of nitrogens with zero attached hydrogens (tertiary/aromatic N) is 1. The molecule has 0 amide bonds. The van der Waals surface area contributed by atoms with Crippen molar-refractivity contribution in [2.75, 3.05) is 25.4 Å². The Hall–Kier alpha value is 0.200. The van der Waals surface area contributed by atoms with Gasteiger partial charge in [-0.15, -0.1) is 0 Å². The monoisotopic (exact) mass is 274 g/mol. The molecule has 0 aromatic carbocycles. The van der Waals surface area contributed by atoms with Gasteiger partial charge in [-0.3, -0.25) is 0 Å². The molecule has 1 aliphatic heterocycles. The van der Waals surface area contributed by atoms with Crippen molar-refractivity contribution in [2.45, 2.75) is 45.3 Å². The zero-order valence-electron chi connectivity index (χ0n) is 11.6. The van der Waals surface area contributed by atoms with Crippen molar-refractivity contribution >= 4 is 29.0 Å². The van der Waals surface area contributed by atoms with Gasteiger partial charge >= 0.3 is 0 Å². The molecule has 0 radical (unpaired) electrons. The molecule has 2 nitrogen and oxygen atoms in total. The molecule has 1 aliphatic rings. The highest BCUT2D eigenvalue weighted by Crippen LogP contribution is 2.30. The summed E-state index contributed by atoms with van der Waals surface area (Å²) in [6, 6.07) is 0. The van der Waals surface area contributed by atoms with Crippen LogP contribution in [0.5, 0.6) is 0 Å². The van der Waals surface area contributed by atoms with Gasteiger partial charge in [-0.1, -0.05) is 26.1 Å². The number of rotatable bonds is 5. The highest BCUT2D eigenvalue weighted by molar-refractivity contribution is 8.00. The summed E-state index contributed by atoms with van der Waals surface area (Å²) in [5.74, 6) is 1.26. The van der Waals surface area contributed by atoms with E-state index in [-0.39, 0.29) is 5.41 Å². The second-order valence-electron chi connectivity index (χ2n) is 6.24. The molecule has 0 aliphatic carbocycles. The van der Waals surface area contributed by atoms with Gasteiger partial charge in [0.25, 0.3) is 0 Å². The molecule has 0 spiro atoms. The minimum atomic E-state index is 0.00931. The van der Waals surface area contributed by atoms with E-state index in [1.807, 2.05) is 0 Å². The van der Waals surface area contributed by atoms with E-state index in [2.05, 4.69) is 44.4 Å². The Morgan fingerprint density at radius 1 is 1.47 bits per heavy atom. The Balaban J connectivity index is 2.30.